The Kier molecular flexibility index (Phi) is 8.21. The van der Waals surface area contributed by atoms with Gasteiger partial charge in [-0.05, 0) is 55.2 Å². The van der Waals surface area contributed by atoms with Crippen molar-refractivity contribution >= 4 is 32.7 Å². The van der Waals surface area contributed by atoms with Gasteiger partial charge in [0, 0.05) is 29.7 Å². The summed E-state index contributed by atoms with van der Waals surface area (Å²) in [6.07, 6.45) is 1.91. The first kappa shape index (κ1) is 26.7. The summed E-state index contributed by atoms with van der Waals surface area (Å²) in [5.41, 5.74) is 6.05. The topological polar surface area (TPSA) is 129 Å². The van der Waals surface area contributed by atoms with Crippen molar-refractivity contribution in [3.05, 3.63) is 77.0 Å². The number of carbonyl (C=O) groups excluding carboxylic acids is 2. The Morgan fingerprint density at radius 1 is 1.11 bits per heavy atom. The fraction of sp³-hybridized carbons (Fsp3) is 0.370. The second-order valence-electron chi connectivity index (χ2n) is 9.46. The van der Waals surface area contributed by atoms with Crippen LogP contribution in [0.15, 0.2) is 54.6 Å². The van der Waals surface area contributed by atoms with Crippen molar-refractivity contribution in [1.29, 1.82) is 0 Å². The van der Waals surface area contributed by atoms with Crippen LogP contribution in [0.3, 0.4) is 0 Å². The van der Waals surface area contributed by atoms with Crippen molar-refractivity contribution in [1.82, 2.24) is 20.1 Å². The fourth-order valence-corrected chi connectivity index (χ4v) is 6.42. The molecule has 4 rings (SSSR count). The summed E-state index contributed by atoms with van der Waals surface area (Å²) >= 11 is 0. The molecule has 10 heteroatoms. The number of hydroxylamine groups is 1. The number of unbranched alkanes of at least 4 members (excludes halogenated alkanes) is 1. The number of hydrogen-bond donors (Lipinski definition) is 3. The predicted octanol–water partition coefficient (Wildman–Crippen LogP) is 2.80. The largest absolute Gasteiger partial charge is 0.347 e. The van der Waals surface area contributed by atoms with E-state index in [2.05, 4.69) is 16.4 Å². The van der Waals surface area contributed by atoms with E-state index < -0.39 is 33.8 Å². The molecule has 2 amide bonds. The third-order valence-corrected chi connectivity index (χ3v) is 8.63. The second-order valence-corrected chi connectivity index (χ2v) is 11.6. The van der Waals surface area contributed by atoms with E-state index in [-0.39, 0.29) is 18.8 Å². The third-order valence-electron chi connectivity index (χ3n) is 6.74. The van der Waals surface area contributed by atoms with E-state index in [9.17, 15) is 18.0 Å². The van der Waals surface area contributed by atoms with Crippen LogP contribution in [0.4, 0.5) is 0 Å². The molecule has 0 radical (unpaired) electrons. The van der Waals surface area contributed by atoms with Gasteiger partial charge in [0.15, 0.2) is 0 Å². The first-order valence-electron chi connectivity index (χ1n) is 12.4. The van der Waals surface area contributed by atoms with Gasteiger partial charge in [-0.25, -0.2) is 13.9 Å². The van der Waals surface area contributed by atoms with Crippen molar-refractivity contribution in [3.63, 3.8) is 0 Å². The van der Waals surface area contributed by atoms with Crippen molar-refractivity contribution in [2.45, 2.75) is 39.2 Å². The Hall–Kier alpha value is -3.34. The van der Waals surface area contributed by atoms with Gasteiger partial charge in [0.25, 0.3) is 5.91 Å². The number of aromatic nitrogens is 1. The van der Waals surface area contributed by atoms with E-state index in [0.717, 1.165) is 34.1 Å². The highest BCUT2D eigenvalue weighted by Gasteiger charge is 2.42. The molecule has 1 aliphatic heterocycles. The van der Waals surface area contributed by atoms with Gasteiger partial charge in [-0.15, -0.1) is 0 Å². The highest BCUT2D eigenvalue weighted by Crippen LogP contribution is 2.23. The maximum absolute atomic E-state index is 13.0. The number of sulfonamides is 1. The van der Waals surface area contributed by atoms with Crippen molar-refractivity contribution in [3.8, 4) is 0 Å². The second kappa shape index (κ2) is 11.4. The lowest BCUT2D eigenvalue weighted by molar-refractivity contribution is -0.133. The molecule has 0 saturated carbocycles. The molecule has 1 saturated heterocycles. The predicted molar refractivity (Wildman–Crippen MR) is 141 cm³/mol. The van der Waals surface area contributed by atoms with Crippen LogP contribution in [-0.2, 0) is 21.2 Å². The number of fused-ring (bicyclic) bond motifs is 1. The van der Waals surface area contributed by atoms with Gasteiger partial charge in [0.2, 0.25) is 15.9 Å². The Bertz CT molecular complexity index is 1390. The minimum atomic E-state index is -3.57. The number of aryl methyl sites for hydroxylation is 1. The lowest BCUT2D eigenvalue weighted by Gasteiger charge is -2.18. The number of carbonyl (C=O) groups is 2. The van der Waals surface area contributed by atoms with E-state index >= 15 is 0 Å². The summed E-state index contributed by atoms with van der Waals surface area (Å²) in [4.78, 5) is 29.8. The summed E-state index contributed by atoms with van der Waals surface area (Å²) in [7, 11) is -3.57. The monoisotopic (exact) mass is 524 g/mol. The van der Waals surface area contributed by atoms with Crippen LogP contribution < -0.4 is 10.8 Å². The van der Waals surface area contributed by atoms with Crippen LogP contribution >= 0.6 is 0 Å². The number of nitrogens with one attached hydrogen (secondary N) is 2. The first-order chi connectivity index (χ1) is 17.7. The molecule has 9 nitrogen and oxygen atoms in total. The third kappa shape index (κ3) is 6.15. The average Bonchev–Trinajstić information content (AvgIpc) is 3.32. The molecular formula is C27H32N4O5S. The minimum absolute atomic E-state index is 0.0224. The zero-order chi connectivity index (χ0) is 26.6. The SMILES string of the molecule is CCCCS(=O)(=O)N1CC(NC(=O)c2ccc(Cc3cc(C)nc4ccccc34)cc2)C(C(=O)NO)C1. The van der Waals surface area contributed by atoms with Crippen LogP contribution in [-0.4, -0.2) is 59.6 Å². The molecule has 0 spiro atoms. The Labute approximate surface area is 216 Å². The molecule has 0 bridgehead atoms. The van der Waals surface area contributed by atoms with Crippen molar-refractivity contribution < 1.29 is 23.2 Å². The molecule has 3 aromatic rings. The maximum Gasteiger partial charge on any atom is 0.251 e. The quantitative estimate of drug-likeness (QED) is 0.292. The van der Waals surface area contributed by atoms with E-state index in [1.807, 2.05) is 50.2 Å². The Morgan fingerprint density at radius 2 is 1.84 bits per heavy atom. The van der Waals surface area contributed by atoms with Gasteiger partial charge in [0.05, 0.1) is 23.2 Å². The van der Waals surface area contributed by atoms with Crippen LogP contribution in [0.5, 0.6) is 0 Å². The molecule has 2 heterocycles. The zero-order valence-electron chi connectivity index (χ0n) is 21.0. The van der Waals surface area contributed by atoms with Crippen LogP contribution in [0.2, 0.25) is 0 Å². The molecule has 2 aromatic carbocycles. The summed E-state index contributed by atoms with van der Waals surface area (Å²) in [6.45, 7) is 3.74. The van der Waals surface area contributed by atoms with E-state index in [0.29, 0.717) is 18.4 Å². The standard InChI is InChI=1S/C27H32N4O5S/c1-3-4-13-37(35,36)31-16-23(27(33)30-34)25(17-31)29-26(32)20-11-9-19(10-12-20)15-21-14-18(2)28-24-8-6-5-7-22(21)24/h5-12,14,23,25,34H,3-4,13,15-17H2,1-2H3,(H,29,32)(H,30,33). The summed E-state index contributed by atoms with van der Waals surface area (Å²) in [6, 6.07) is 16.5. The number of nitrogens with zero attached hydrogens (tertiary/aromatic N) is 2. The minimum Gasteiger partial charge on any atom is -0.347 e. The Morgan fingerprint density at radius 3 is 2.54 bits per heavy atom. The molecule has 196 valence electrons. The maximum atomic E-state index is 13.0. The molecule has 1 aliphatic rings. The van der Waals surface area contributed by atoms with Gasteiger partial charge in [-0.3, -0.25) is 19.8 Å². The average molecular weight is 525 g/mol. The molecule has 0 aliphatic carbocycles. The van der Waals surface area contributed by atoms with Gasteiger partial charge in [0.1, 0.15) is 0 Å². The van der Waals surface area contributed by atoms with Crippen molar-refractivity contribution in [2.24, 2.45) is 5.92 Å². The highest BCUT2D eigenvalue weighted by molar-refractivity contribution is 7.89. The lowest BCUT2D eigenvalue weighted by atomic mass is 9.99. The number of pyridine rings is 1. The molecule has 2 unspecified atom stereocenters. The zero-order valence-corrected chi connectivity index (χ0v) is 21.8. The normalized spacial score (nSPS) is 18.1. The highest BCUT2D eigenvalue weighted by atomic mass is 32.2. The summed E-state index contributed by atoms with van der Waals surface area (Å²) in [5, 5.41) is 13.0. The van der Waals surface area contributed by atoms with Gasteiger partial charge in [-0.1, -0.05) is 43.7 Å². The molecule has 1 fully saturated rings. The van der Waals surface area contributed by atoms with E-state index in [1.165, 1.54) is 4.31 Å². The molecule has 1 aromatic heterocycles. The number of rotatable bonds is 9. The summed E-state index contributed by atoms with van der Waals surface area (Å²) < 4.78 is 26.5. The van der Waals surface area contributed by atoms with Crippen molar-refractivity contribution in [2.75, 3.05) is 18.8 Å². The smallest absolute Gasteiger partial charge is 0.251 e. The lowest BCUT2D eigenvalue weighted by Crippen LogP contribution is -2.45. The Balaban J connectivity index is 1.47. The van der Waals surface area contributed by atoms with E-state index in [4.69, 9.17) is 5.21 Å². The van der Waals surface area contributed by atoms with Crippen LogP contribution in [0, 0.1) is 12.8 Å². The number of amides is 2. The molecular weight excluding hydrogens is 492 g/mol. The first-order valence-corrected chi connectivity index (χ1v) is 14.0. The number of para-hydroxylation sites is 1. The molecule has 2 atom stereocenters. The number of hydrogen-bond acceptors (Lipinski definition) is 6. The van der Waals surface area contributed by atoms with Gasteiger partial charge >= 0.3 is 0 Å². The fourth-order valence-electron chi connectivity index (χ4n) is 4.73. The van der Waals surface area contributed by atoms with Crippen LogP contribution in [0.25, 0.3) is 10.9 Å². The van der Waals surface area contributed by atoms with Crippen LogP contribution in [0.1, 0.15) is 46.9 Å². The summed E-state index contributed by atoms with van der Waals surface area (Å²) in [5.74, 6) is -2.06. The van der Waals surface area contributed by atoms with Gasteiger partial charge < -0.3 is 5.32 Å². The molecule has 3 N–H and O–H groups in total. The molecule has 37 heavy (non-hydrogen) atoms. The number of benzene rings is 2. The van der Waals surface area contributed by atoms with Gasteiger partial charge in [-0.2, -0.15) is 4.31 Å². The van der Waals surface area contributed by atoms with E-state index in [1.54, 1.807) is 17.6 Å².